The van der Waals surface area contributed by atoms with E-state index in [4.69, 9.17) is 4.74 Å². The summed E-state index contributed by atoms with van der Waals surface area (Å²) in [6.45, 7) is 26.5. The summed E-state index contributed by atoms with van der Waals surface area (Å²) in [4.78, 5) is 36.4. The van der Waals surface area contributed by atoms with E-state index in [1.165, 1.54) is 51.9 Å². The number of hydrogen-bond acceptors (Lipinski definition) is 7. The molecule has 0 aliphatic heterocycles. The van der Waals surface area contributed by atoms with Crippen LogP contribution in [0, 0.1) is 0 Å². The van der Waals surface area contributed by atoms with Gasteiger partial charge in [0.15, 0.2) is 0 Å². The largest absolute Gasteiger partial charge is 0.496 e. The topological polar surface area (TPSA) is 107 Å². The number of aromatic nitrogens is 1. The summed E-state index contributed by atoms with van der Waals surface area (Å²) >= 11 is 1.61. The summed E-state index contributed by atoms with van der Waals surface area (Å²) in [6.07, 6.45) is 9.02. The molecule has 8 nitrogen and oxygen atoms in total. The molecule has 0 aromatic carbocycles. The highest BCUT2D eigenvalue weighted by Gasteiger charge is 2.17. The van der Waals surface area contributed by atoms with Gasteiger partial charge in [-0.25, -0.2) is 9.78 Å². The lowest BCUT2D eigenvalue weighted by Gasteiger charge is -2.16. The van der Waals surface area contributed by atoms with Crippen LogP contribution in [0.25, 0.3) is 0 Å². The minimum absolute atomic E-state index is 0.0625. The highest BCUT2D eigenvalue weighted by atomic mass is 32.1. The zero-order chi connectivity index (χ0) is 30.1. The molecule has 0 radical (unpaired) electrons. The molecule has 1 heterocycles. The van der Waals surface area contributed by atoms with Crippen molar-refractivity contribution in [2.24, 2.45) is 0 Å². The fraction of sp³-hybridized carbons (Fsp3) is 0.586. The van der Waals surface area contributed by atoms with E-state index in [0.717, 1.165) is 5.01 Å². The average molecular weight is 554 g/mol. The Labute approximate surface area is 235 Å². The zero-order valence-corrected chi connectivity index (χ0v) is 25.9. The highest BCUT2D eigenvalue weighted by molar-refractivity contribution is 7.09. The Kier molecular flexibility index (Phi) is 25.4. The van der Waals surface area contributed by atoms with Crippen LogP contribution in [0.3, 0.4) is 0 Å². The predicted molar refractivity (Wildman–Crippen MR) is 159 cm³/mol. The molecule has 0 spiro atoms. The number of nitrogens with zero attached hydrogens (tertiary/aromatic N) is 1. The lowest BCUT2D eigenvalue weighted by Crippen LogP contribution is -2.21. The van der Waals surface area contributed by atoms with E-state index < -0.39 is 5.97 Å². The van der Waals surface area contributed by atoms with Crippen molar-refractivity contribution in [1.29, 1.82) is 0 Å². The van der Waals surface area contributed by atoms with Gasteiger partial charge in [0.25, 0.3) is 5.91 Å². The SMILES string of the molecule is C=C(C)NC(=O)c1csc(C(CCCC)CCCC)n1.C=C(NC=O)C(=O)OC.C=COC(C)(C)C.CC. The molecular weight excluding hydrogens is 502 g/mol. The quantitative estimate of drug-likeness (QED) is 0.115. The number of allylic oxidation sites excluding steroid dienone is 1. The number of methoxy groups -OCH3 is 1. The maximum absolute atomic E-state index is 11.9. The number of rotatable bonds is 13. The van der Waals surface area contributed by atoms with E-state index in [1.807, 2.05) is 45.3 Å². The monoisotopic (exact) mass is 553 g/mol. The number of carbonyl (C=O) groups is 3. The summed E-state index contributed by atoms with van der Waals surface area (Å²) in [5.74, 6) is -0.280. The molecule has 0 unspecified atom stereocenters. The molecule has 218 valence electrons. The summed E-state index contributed by atoms with van der Waals surface area (Å²) in [5.41, 5.74) is 1.04. The van der Waals surface area contributed by atoms with Crippen LogP contribution < -0.4 is 10.6 Å². The second kappa shape index (κ2) is 24.4. The van der Waals surface area contributed by atoms with Crippen molar-refractivity contribution in [3.05, 3.63) is 53.5 Å². The number of carbonyl (C=O) groups excluding carboxylic acids is 3. The maximum atomic E-state index is 11.9. The predicted octanol–water partition coefficient (Wildman–Crippen LogP) is 7.26. The number of esters is 1. The third-order valence-electron chi connectivity index (χ3n) is 4.34. The molecule has 9 heteroatoms. The number of hydrogen-bond donors (Lipinski definition) is 2. The van der Waals surface area contributed by atoms with Crippen molar-refractivity contribution < 1.29 is 23.9 Å². The van der Waals surface area contributed by atoms with Crippen LogP contribution in [0.5, 0.6) is 0 Å². The van der Waals surface area contributed by atoms with Crippen LogP contribution in [-0.4, -0.2) is 36.0 Å². The van der Waals surface area contributed by atoms with Crippen LogP contribution >= 0.6 is 11.3 Å². The molecule has 0 atom stereocenters. The third-order valence-corrected chi connectivity index (χ3v) is 5.35. The van der Waals surface area contributed by atoms with Crippen molar-refractivity contribution >= 4 is 29.6 Å². The second-order valence-electron chi connectivity index (χ2n) is 8.92. The number of unbranched alkanes of at least 4 members (excludes halogenated alkanes) is 2. The van der Waals surface area contributed by atoms with Crippen LogP contribution in [0.15, 0.2) is 42.8 Å². The van der Waals surface area contributed by atoms with Crippen molar-refractivity contribution in [2.45, 2.75) is 105 Å². The van der Waals surface area contributed by atoms with Crippen LogP contribution in [0.1, 0.15) is 115 Å². The lowest BCUT2D eigenvalue weighted by molar-refractivity contribution is -0.137. The van der Waals surface area contributed by atoms with Gasteiger partial charge in [-0.2, -0.15) is 0 Å². The highest BCUT2D eigenvalue weighted by Crippen LogP contribution is 2.30. The number of nitrogens with one attached hydrogen (secondary N) is 2. The first-order chi connectivity index (χ1) is 17.9. The number of thiazole rings is 1. The Morgan fingerprint density at radius 3 is 2.00 bits per heavy atom. The van der Waals surface area contributed by atoms with Crippen LogP contribution in [0.2, 0.25) is 0 Å². The van der Waals surface area contributed by atoms with E-state index in [9.17, 15) is 14.4 Å². The molecule has 0 aliphatic rings. The van der Waals surface area contributed by atoms with Crippen molar-refractivity contribution in [3.8, 4) is 0 Å². The van der Waals surface area contributed by atoms with Gasteiger partial charge in [-0.15, -0.1) is 11.3 Å². The summed E-state index contributed by atoms with van der Waals surface area (Å²) < 4.78 is 9.20. The van der Waals surface area contributed by atoms with Crippen molar-refractivity contribution in [1.82, 2.24) is 15.6 Å². The van der Waals surface area contributed by atoms with Gasteiger partial charge >= 0.3 is 5.97 Å². The van der Waals surface area contributed by atoms with E-state index in [2.05, 4.69) is 48.6 Å². The Morgan fingerprint density at radius 2 is 1.66 bits per heavy atom. The van der Waals surface area contributed by atoms with Crippen LogP contribution in [0.4, 0.5) is 0 Å². The van der Waals surface area contributed by atoms with Gasteiger partial charge in [0.2, 0.25) is 6.41 Å². The van der Waals surface area contributed by atoms with E-state index in [-0.39, 0.29) is 17.2 Å². The van der Waals surface area contributed by atoms with Crippen molar-refractivity contribution in [3.63, 3.8) is 0 Å². The molecule has 0 saturated carbocycles. The number of amides is 2. The van der Waals surface area contributed by atoms with Gasteiger partial charge in [0, 0.05) is 17.0 Å². The molecule has 0 fully saturated rings. The number of ether oxygens (including phenoxy) is 2. The normalized spacial score (nSPS) is 9.63. The van der Waals surface area contributed by atoms with Crippen LogP contribution in [-0.2, 0) is 19.1 Å². The molecule has 0 saturated heterocycles. The van der Waals surface area contributed by atoms with Gasteiger partial charge < -0.3 is 20.1 Å². The first-order valence-corrected chi connectivity index (χ1v) is 13.9. The van der Waals surface area contributed by atoms with E-state index in [0.29, 0.717) is 23.7 Å². The van der Waals surface area contributed by atoms with Gasteiger partial charge in [-0.05, 0) is 40.5 Å². The van der Waals surface area contributed by atoms with Gasteiger partial charge in [-0.1, -0.05) is 73.1 Å². The Hall–Kier alpha value is -2.94. The first-order valence-electron chi connectivity index (χ1n) is 13.0. The van der Waals surface area contributed by atoms with Gasteiger partial charge in [-0.3, -0.25) is 9.59 Å². The summed E-state index contributed by atoms with van der Waals surface area (Å²) in [5, 5.41) is 7.72. The Balaban J connectivity index is -0.000000563. The molecule has 0 aliphatic carbocycles. The van der Waals surface area contributed by atoms with E-state index in [1.54, 1.807) is 18.3 Å². The Morgan fingerprint density at radius 1 is 1.13 bits per heavy atom. The smallest absolute Gasteiger partial charge is 0.353 e. The molecule has 2 N–H and O–H groups in total. The maximum Gasteiger partial charge on any atom is 0.353 e. The molecule has 1 aromatic heterocycles. The van der Waals surface area contributed by atoms with Gasteiger partial charge in [0.05, 0.1) is 24.0 Å². The second-order valence-corrected chi connectivity index (χ2v) is 9.81. The zero-order valence-electron chi connectivity index (χ0n) is 25.1. The molecule has 0 bridgehead atoms. The molecule has 1 rings (SSSR count). The summed E-state index contributed by atoms with van der Waals surface area (Å²) in [7, 11) is 1.21. The third kappa shape index (κ3) is 22.3. The standard InChI is InChI=1S/C16H26N2OS.C6H12O.C5H7NO3.C2H6/c1-5-7-9-13(10-8-6-2)16-18-14(11-20-16)15(19)17-12(3)4;1-5-7-6(2,3)4;1-4(6-3-7)5(8)9-2;1-2/h11,13H,3,5-10H2,1-2,4H3,(H,17,19);5H,1H2,2-4H3;3H,1H2,2H3,(H,6,7);1-2H3. The average Bonchev–Trinajstić information content (AvgIpc) is 3.35. The lowest BCUT2D eigenvalue weighted by atomic mass is 9.97. The minimum Gasteiger partial charge on any atom is -0.496 e. The molecule has 2 amide bonds. The molecular formula is C29H51N3O5S. The van der Waals surface area contributed by atoms with E-state index >= 15 is 0 Å². The fourth-order valence-electron chi connectivity index (χ4n) is 2.63. The fourth-order valence-corrected chi connectivity index (χ4v) is 3.60. The molecule has 38 heavy (non-hydrogen) atoms. The Bertz CT molecular complexity index is 820. The molecule has 1 aromatic rings. The van der Waals surface area contributed by atoms with Crippen molar-refractivity contribution in [2.75, 3.05) is 7.11 Å². The summed E-state index contributed by atoms with van der Waals surface area (Å²) in [6, 6.07) is 0. The van der Waals surface area contributed by atoms with Gasteiger partial charge in [0.1, 0.15) is 11.4 Å². The first kappa shape index (κ1) is 39.6. The minimum atomic E-state index is -0.637.